The zero-order valence-corrected chi connectivity index (χ0v) is 11.3. The topological polar surface area (TPSA) is 69.2 Å². The van der Waals surface area contributed by atoms with Crippen LogP contribution in [0, 0.1) is 0 Å². The van der Waals surface area contributed by atoms with Gasteiger partial charge in [0.1, 0.15) is 5.69 Å². The van der Waals surface area contributed by atoms with Crippen molar-refractivity contribution in [2.24, 2.45) is 0 Å². The molecule has 0 fully saturated rings. The molecule has 0 bridgehead atoms. The fraction of sp³-hybridized carbons (Fsp3) is 0.200. The van der Waals surface area contributed by atoms with Gasteiger partial charge in [0, 0.05) is 18.6 Å². The van der Waals surface area contributed by atoms with Gasteiger partial charge in [0.15, 0.2) is 17.3 Å². The first kappa shape index (κ1) is 13.9. The van der Waals surface area contributed by atoms with Gasteiger partial charge in [-0.2, -0.15) is 0 Å². The molecule has 0 N–H and O–H groups in total. The van der Waals surface area contributed by atoms with Crippen LogP contribution >= 0.6 is 0 Å². The smallest absolute Gasteiger partial charge is 0.357 e. The van der Waals surface area contributed by atoms with E-state index in [2.05, 4.69) is 9.97 Å². The Balaban J connectivity index is 2.52. The Morgan fingerprint density at radius 2 is 1.75 bits per heavy atom. The van der Waals surface area contributed by atoms with Crippen molar-refractivity contribution in [1.29, 1.82) is 0 Å². The molecule has 0 amide bonds. The summed E-state index contributed by atoms with van der Waals surface area (Å²) in [6.07, 6.45) is 0. The van der Waals surface area contributed by atoms with Crippen LogP contribution in [-0.4, -0.2) is 28.3 Å². The fourth-order valence-corrected chi connectivity index (χ4v) is 1.65. The molecule has 5 heteroatoms. The Kier molecular flexibility index (Phi) is 4.20. The van der Waals surface area contributed by atoms with Gasteiger partial charge in [-0.05, 0) is 6.92 Å². The summed E-state index contributed by atoms with van der Waals surface area (Å²) in [5.74, 6) is -0.453. The van der Waals surface area contributed by atoms with E-state index in [1.54, 1.807) is 6.92 Å². The van der Waals surface area contributed by atoms with Crippen molar-refractivity contribution >= 4 is 11.8 Å². The van der Waals surface area contributed by atoms with Gasteiger partial charge in [-0.25, -0.2) is 14.8 Å². The first-order chi connectivity index (χ1) is 9.61. The Morgan fingerprint density at radius 1 is 1.10 bits per heavy atom. The molecule has 0 aliphatic rings. The summed E-state index contributed by atoms with van der Waals surface area (Å²) in [5, 5.41) is 0. The quantitative estimate of drug-likeness (QED) is 0.630. The van der Waals surface area contributed by atoms with Gasteiger partial charge in [0.25, 0.3) is 0 Å². The third kappa shape index (κ3) is 3.06. The number of carbonyl (C=O) groups is 2. The van der Waals surface area contributed by atoms with Crippen LogP contribution in [0.5, 0.6) is 0 Å². The van der Waals surface area contributed by atoms with Crippen LogP contribution < -0.4 is 0 Å². The molecule has 2 aromatic rings. The van der Waals surface area contributed by atoms with Crippen molar-refractivity contribution in [2.75, 3.05) is 6.61 Å². The zero-order chi connectivity index (χ0) is 14.5. The van der Waals surface area contributed by atoms with Gasteiger partial charge >= 0.3 is 5.97 Å². The van der Waals surface area contributed by atoms with Crippen LogP contribution in [0.3, 0.4) is 0 Å². The predicted molar refractivity (Wildman–Crippen MR) is 73.4 cm³/mol. The number of hydrogen-bond donors (Lipinski definition) is 0. The van der Waals surface area contributed by atoms with E-state index in [0.717, 1.165) is 5.56 Å². The molecule has 1 aromatic carbocycles. The number of ether oxygens (including phenoxy) is 1. The summed E-state index contributed by atoms with van der Waals surface area (Å²) in [6.45, 7) is 3.36. The van der Waals surface area contributed by atoms with Crippen molar-refractivity contribution in [3.05, 3.63) is 47.8 Å². The van der Waals surface area contributed by atoms with Gasteiger partial charge in [0.05, 0.1) is 6.61 Å². The highest BCUT2D eigenvalue weighted by Crippen LogP contribution is 2.16. The molecule has 1 aromatic heterocycles. The summed E-state index contributed by atoms with van der Waals surface area (Å²) in [6, 6.07) is 10.5. The fourth-order valence-electron chi connectivity index (χ4n) is 1.65. The number of benzene rings is 1. The second-order valence-electron chi connectivity index (χ2n) is 4.10. The molecular weight excluding hydrogens is 256 g/mol. The lowest BCUT2D eigenvalue weighted by Crippen LogP contribution is -2.11. The Morgan fingerprint density at radius 3 is 2.35 bits per heavy atom. The van der Waals surface area contributed by atoms with Crippen molar-refractivity contribution in [1.82, 2.24) is 9.97 Å². The second kappa shape index (κ2) is 6.06. The number of carbonyl (C=O) groups excluding carboxylic acids is 2. The first-order valence-corrected chi connectivity index (χ1v) is 6.24. The summed E-state index contributed by atoms with van der Waals surface area (Å²) < 4.78 is 4.91. The molecule has 0 saturated heterocycles. The van der Waals surface area contributed by atoms with Crippen LogP contribution in [0.15, 0.2) is 36.4 Å². The maximum Gasteiger partial charge on any atom is 0.357 e. The number of rotatable bonds is 4. The highest BCUT2D eigenvalue weighted by atomic mass is 16.5. The number of nitrogens with zero attached hydrogens (tertiary/aromatic N) is 2. The third-order valence-electron chi connectivity index (χ3n) is 2.60. The van der Waals surface area contributed by atoms with E-state index in [-0.39, 0.29) is 23.8 Å². The van der Waals surface area contributed by atoms with Gasteiger partial charge in [-0.3, -0.25) is 4.79 Å². The molecule has 0 spiro atoms. The summed E-state index contributed by atoms with van der Waals surface area (Å²) in [5.41, 5.74) is 1.02. The molecule has 0 aliphatic heterocycles. The van der Waals surface area contributed by atoms with Gasteiger partial charge in [-0.1, -0.05) is 30.3 Å². The maximum absolute atomic E-state index is 11.8. The Hall–Kier alpha value is -2.56. The van der Waals surface area contributed by atoms with Crippen LogP contribution in [0.2, 0.25) is 0 Å². The van der Waals surface area contributed by atoms with E-state index in [9.17, 15) is 9.59 Å². The molecule has 1 heterocycles. The number of aromatic nitrogens is 2. The third-order valence-corrected chi connectivity index (χ3v) is 2.60. The highest BCUT2D eigenvalue weighted by molar-refractivity contribution is 5.96. The molecule has 0 aliphatic carbocycles. The number of hydrogen-bond acceptors (Lipinski definition) is 5. The lowest BCUT2D eigenvalue weighted by molar-refractivity contribution is 0.0519. The van der Waals surface area contributed by atoms with Crippen LogP contribution in [0.4, 0.5) is 0 Å². The Bertz CT molecular complexity index is 639. The molecule has 2 rings (SSSR count). The standard InChI is InChI=1S/C15H14N2O3/c1-3-20-15(19)13-9-12(10(2)18)16-14(17-13)11-7-5-4-6-8-11/h4-9H,3H2,1-2H3. The van der Waals surface area contributed by atoms with Crippen LogP contribution in [-0.2, 0) is 4.74 Å². The lowest BCUT2D eigenvalue weighted by atomic mass is 10.2. The van der Waals surface area contributed by atoms with E-state index < -0.39 is 5.97 Å². The molecule has 102 valence electrons. The highest BCUT2D eigenvalue weighted by Gasteiger charge is 2.15. The van der Waals surface area contributed by atoms with Gasteiger partial charge in [0.2, 0.25) is 0 Å². The van der Waals surface area contributed by atoms with Gasteiger partial charge in [-0.15, -0.1) is 0 Å². The van der Waals surface area contributed by atoms with Crippen molar-refractivity contribution in [3.63, 3.8) is 0 Å². The maximum atomic E-state index is 11.8. The molecule has 0 unspecified atom stereocenters. The van der Waals surface area contributed by atoms with Crippen molar-refractivity contribution in [2.45, 2.75) is 13.8 Å². The monoisotopic (exact) mass is 270 g/mol. The molecule has 0 radical (unpaired) electrons. The SMILES string of the molecule is CCOC(=O)c1cc(C(C)=O)nc(-c2ccccc2)n1. The lowest BCUT2D eigenvalue weighted by Gasteiger charge is -2.06. The summed E-state index contributed by atoms with van der Waals surface area (Å²) in [7, 11) is 0. The Labute approximate surface area is 116 Å². The van der Waals surface area contributed by atoms with Gasteiger partial charge < -0.3 is 4.74 Å². The summed E-state index contributed by atoms with van der Waals surface area (Å²) in [4.78, 5) is 31.6. The molecule has 0 atom stereocenters. The minimum absolute atomic E-state index is 0.0888. The average molecular weight is 270 g/mol. The predicted octanol–water partition coefficient (Wildman–Crippen LogP) is 2.52. The average Bonchev–Trinajstić information content (AvgIpc) is 2.48. The van der Waals surface area contributed by atoms with Crippen LogP contribution in [0.1, 0.15) is 34.8 Å². The second-order valence-corrected chi connectivity index (χ2v) is 4.10. The molecule has 20 heavy (non-hydrogen) atoms. The van der Waals surface area contributed by atoms with E-state index >= 15 is 0 Å². The molecule has 5 nitrogen and oxygen atoms in total. The van der Waals surface area contributed by atoms with Crippen molar-refractivity contribution in [3.8, 4) is 11.4 Å². The largest absolute Gasteiger partial charge is 0.461 e. The van der Waals surface area contributed by atoms with Crippen molar-refractivity contribution < 1.29 is 14.3 Å². The molecular formula is C15H14N2O3. The zero-order valence-electron chi connectivity index (χ0n) is 11.3. The summed E-state index contributed by atoms with van der Waals surface area (Å²) >= 11 is 0. The number of Topliss-reactive ketones (excluding diaryl/α,β-unsaturated/α-hetero) is 1. The van der Waals surface area contributed by atoms with Crippen LogP contribution in [0.25, 0.3) is 11.4 Å². The number of ketones is 1. The normalized spacial score (nSPS) is 10.1. The molecule has 0 saturated carbocycles. The van der Waals surface area contributed by atoms with E-state index in [4.69, 9.17) is 4.74 Å². The van der Waals surface area contributed by atoms with E-state index in [1.807, 2.05) is 30.3 Å². The van der Waals surface area contributed by atoms with E-state index in [1.165, 1.54) is 13.0 Å². The number of esters is 1. The van der Waals surface area contributed by atoms with E-state index in [0.29, 0.717) is 5.82 Å². The first-order valence-electron chi connectivity index (χ1n) is 6.24. The minimum Gasteiger partial charge on any atom is -0.461 e. The minimum atomic E-state index is -0.561.